The van der Waals surface area contributed by atoms with Crippen molar-refractivity contribution in [2.75, 3.05) is 5.32 Å². The number of pyridine rings is 1. The molecule has 0 bridgehead atoms. The van der Waals surface area contributed by atoms with Crippen LogP contribution in [-0.2, 0) is 4.79 Å². The molecule has 0 saturated heterocycles. The van der Waals surface area contributed by atoms with Crippen molar-refractivity contribution in [2.24, 2.45) is 10.2 Å². The summed E-state index contributed by atoms with van der Waals surface area (Å²) in [6.07, 6.45) is 3.94. The monoisotopic (exact) mass is 254 g/mol. The Morgan fingerprint density at radius 3 is 3.00 bits per heavy atom. The molecule has 1 amide bonds. The third-order valence-corrected chi connectivity index (χ3v) is 3.18. The van der Waals surface area contributed by atoms with Gasteiger partial charge in [0.25, 0.3) is 5.91 Å². The van der Waals surface area contributed by atoms with Crippen molar-refractivity contribution in [3.63, 3.8) is 0 Å². The standard InChI is InChI=1S/C13H7FN4O/c14-7-1-2-10(15-5-7)16-13(19)12-9-4-6-3-8(6)11(9)17-18-12/h1-2,4-5H,3H2,(H,15,16,19). The molecule has 6 heteroatoms. The summed E-state index contributed by atoms with van der Waals surface area (Å²) in [7, 11) is 0. The van der Waals surface area contributed by atoms with E-state index in [0.717, 1.165) is 23.9 Å². The number of halogens is 1. The summed E-state index contributed by atoms with van der Waals surface area (Å²) in [4.78, 5) is 15.8. The van der Waals surface area contributed by atoms with Gasteiger partial charge in [0, 0.05) is 12.0 Å². The summed E-state index contributed by atoms with van der Waals surface area (Å²) in [5.74, 6) is -0.550. The molecule has 1 aliphatic heterocycles. The number of azo groups is 1. The Morgan fingerprint density at radius 1 is 1.32 bits per heavy atom. The topological polar surface area (TPSA) is 66.7 Å². The Labute approximate surface area is 107 Å². The maximum absolute atomic E-state index is 12.7. The Hall–Kier alpha value is -2.63. The molecule has 1 aromatic heterocycles. The number of carbonyl (C=O) groups excluding carboxylic acids is 1. The average molecular weight is 254 g/mol. The van der Waals surface area contributed by atoms with Crippen molar-refractivity contribution in [3.8, 4) is 0 Å². The molecule has 19 heavy (non-hydrogen) atoms. The SMILES string of the molecule is O=C(Nc1ccc(F)cn1)C1=C2C=C3CC3=C2N=N1. The molecule has 1 aromatic rings. The molecule has 1 N–H and O–H groups in total. The summed E-state index contributed by atoms with van der Waals surface area (Å²) >= 11 is 0. The van der Waals surface area contributed by atoms with Gasteiger partial charge in [0.1, 0.15) is 11.6 Å². The summed E-state index contributed by atoms with van der Waals surface area (Å²) in [5, 5.41) is 10.5. The predicted molar refractivity (Wildman–Crippen MR) is 64.4 cm³/mol. The van der Waals surface area contributed by atoms with Crippen LogP contribution in [0, 0.1) is 5.82 Å². The second kappa shape index (κ2) is 3.44. The molecule has 4 rings (SSSR count). The van der Waals surface area contributed by atoms with E-state index >= 15 is 0 Å². The van der Waals surface area contributed by atoms with E-state index in [1.807, 2.05) is 6.08 Å². The van der Waals surface area contributed by atoms with Crippen LogP contribution in [0.4, 0.5) is 10.2 Å². The van der Waals surface area contributed by atoms with E-state index < -0.39 is 5.82 Å². The Balaban J connectivity index is 1.61. The first kappa shape index (κ1) is 10.3. The van der Waals surface area contributed by atoms with Crippen LogP contribution in [0.25, 0.3) is 0 Å². The molecule has 0 spiro atoms. The Kier molecular flexibility index (Phi) is 1.87. The van der Waals surface area contributed by atoms with Crippen molar-refractivity contribution in [1.82, 2.24) is 4.98 Å². The van der Waals surface area contributed by atoms with Crippen LogP contribution < -0.4 is 5.32 Å². The minimum Gasteiger partial charge on any atom is -0.305 e. The summed E-state index contributed by atoms with van der Waals surface area (Å²) in [6.45, 7) is 0. The predicted octanol–water partition coefficient (Wildman–Crippen LogP) is 2.48. The fraction of sp³-hybridized carbons (Fsp3) is 0.0769. The third kappa shape index (κ3) is 1.53. The summed E-state index contributed by atoms with van der Waals surface area (Å²) in [5.41, 5.74) is 4.28. The van der Waals surface area contributed by atoms with E-state index in [4.69, 9.17) is 0 Å². The van der Waals surface area contributed by atoms with Gasteiger partial charge in [0.05, 0.1) is 11.9 Å². The zero-order chi connectivity index (χ0) is 13.0. The number of aromatic nitrogens is 1. The van der Waals surface area contributed by atoms with Gasteiger partial charge in [0.15, 0.2) is 5.70 Å². The van der Waals surface area contributed by atoms with E-state index in [-0.39, 0.29) is 17.4 Å². The molecule has 0 radical (unpaired) electrons. The minimum atomic E-state index is -0.451. The molecule has 0 aromatic carbocycles. The van der Waals surface area contributed by atoms with Crippen LogP contribution in [0.5, 0.6) is 0 Å². The van der Waals surface area contributed by atoms with Gasteiger partial charge in [0.2, 0.25) is 0 Å². The van der Waals surface area contributed by atoms with E-state index in [1.165, 1.54) is 23.3 Å². The van der Waals surface area contributed by atoms with Gasteiger partial charge < -0.3 is 5.32 Å². The second-order valence-corrected chi connectivity index (χ2v) is 4.45. The number of nitrogens with one attached hydrogen (secondary N) is 1. The fourth-order valence-corrected chi connectivity index (χ4v) is 2.17. The van der Waals surface area contributed by atoms with Crippen molar-refractivity contribution in [1.29, 1.82) is 0 Å². The summed E-state index contributed by atoms with van der Waals surface area (Å²) < 4.78 is 12.7. The lowest BCUT2D eigenvalue weighted by Gasteiger charge is -2.03. The van der Waals surface area contributed by atoms with Crippen LogP contribution in [-0.4, -0.2) is 10.9 Å². The molecular formula is C13H7FN4O. The van der Waals surface area contributed by atoms with Crippen LogP contribution in [0.15, 0.2) is 62.7 Å². The van der Waals surface area contributed by atoms with Gasteiger partial charge in [-0.25, -0.2) is 9.37 Å². The highest BCUT2D eigenvalue weighted by molar-refractivity contribution is 6.05. The highest BCUT2D eigenvalue weighted by Gasteiger charge is 2.38. The quantitative estimate of drug-likeness (QED) is 0.880. The van der Waals surface area contributed by atoms with Gasteiger partial charge >= 0.3 is 0 Å². The van der Waals surface area contributed by atoms with E-state index in [0.29, 0.717) is 0 Å². The van der Waals surface area contributed by atoms with Gasteiger partial charge in [-0.3, -0.25) is 4.79 Å². The zero-order valence-electron chi connectivity index (χ0n) is 9.64. The number of nitrogens with zero attached hydrogens (tertiary/aromatic N) is 3. The molecule has 3 aliphatic rings. The van der Waals surface area contributed by atoms with Crippen molar-refractivity contribution < 1.29 is 9.18 Å². The fourth-order valence-electron chi connectivity index (χ4n) is 2.17. The number of anilines is 1. The smallest absolute Gasteiger partial charge is 0.278 e. The average Bonchev–Trinajstić information content (AvgIpc) is 2.89. The Morgan fingerprint density at radius 2 is 2.21 bits per heavy atom. The molecule has 2 heterocycles. The molecule has 1 fully saturated rings. The molecule has 1 saturated carbocycles. The largest absolute Gasteiger partial charge is 0.305 e. The lowest BCUT2D eigenvalue weighted by atomic mass is 10.1. The number of carbonyl (C=O) groups is 1. The van der Waals surface area contributed by atoms with Gasteiger partial charge in [-0.05, 0) is 29.4 Å². The van der Waals surface area contributed by atoms with E-state index in [9.17, 15) is 9.18 Å². The lowest BCUT2D eigenvalue weighted by molar-refractivity contribution is -0.112. The van der Waals surface area contributed by atoms with Gasteiger partial charge in [-0.1, -0.05) is 0 Å². The highest BCUT2D eigenvalue weighted by atomic mass is 19.1. The number of rotatable bonds is 2. The number of amides is 1. The van der Waals surface area contributed by atoms with Crippen molar-refractivity contribution >= 4 is 11.7 Å². The van der Waals surface area contributed by atoms with Crippen molar-refractivity contribution in [3.05, 3.63) is 58.3 Å². The normalized spacial score (nSPS) is 18.5. The van der Waals surface area contributed by atoms with Crippen molar-refractivity contribution in [2.45, 2.75) is 6.42 Å². The molecule has 5 nitrogen and oxygen atoms in total. The van der Waals surface area contributed by atoms with Crippen LogP contribution in [0.1, 0.15) is 6.42 Å². The number of fused-ring (bicyclic) bond motifs is 2. The van der Waals surface area contributed by atoms with Gasteiger partial charge in [-0.2, -0.15) is 0 Å². The zero-order valence-corrected chi connectivity index (χ0v) is 9.64. The van der Waals surface area contributed by atoms with Crippen LogP contribution in [0.2, 0.25) is 0 Å². The van der Waals surface area contributed by atoms with E-state index in [1.54, 1.807) is 0 Å². The number of hydrogen-bond donors (Lipinski definition) is 1. The molecule has 2 aliphatic carbocycles. The first-order valence-electron chi connectivity index (χ1n) is 5.76. The minimum absolute atomic E-state index is 0.284. The number of hydrogen-bond acceptors (Lipinski definition) is 4. The molecular weight excluding hydrogens is 247 g/mol. The second-order valence-electron chi connectivity index (χ2n) is 4.45. The van der Waals surface area contributed by atoms with Crippen LogP contribution >= 0.6 is 0 Å². The van der Waals surface area contributed by atoms with Gasteiger partial charge in [-0.15, -0.1) is 10.2 Å². The maximum Gasteiger partial charge on any atom is 0.278 e. The van der Waals surface area contributed by atoms with E-state index in [2.05, 4.69) is 20.5 Å². The molecule has 0 unspecified atom stereocenters. The summed E-state index contributed by atoms with van der Waals surface area (Å²) in [6, 6.07) is 2.63. The first-order chi connectivity index (χ1) is 9.22. The number of allylic oxidation sites excluding steroid dienone is 3. The highest BCUT2D eigenvalue weighted by Crippen LogP contribution is 2.51. The Bertz CT molecular complexity index is 740. The lowest BCUT2D eigenvalue weighted by Crippen LogP contribution is -2.14. The first-order valence-corrected chi connectivity index (χ1v) is 5.76. The maximum atomic E-state index is 12.7. The third-order valence-electron chi connectivity index (χ3n) is 3.18. The molecule has 92 valence electrons. The molecule has 0 atom stereocenters. The van der Waals surface area contributed by atoms with Crippen LogP contribution in [0.3, 0.4) is 0 Å².